The predicted molar refractivity (Wildman–Crippen MR) is 258 cm³/mol. The Balaban J connectivity index is 0.885. The molecule has 11 aromatic rings. The first kappa shape index (κ1) is 36.2. The molecular formula is C60H38N2O3. The first-order valence-corrected chi connectivity index (χ1v) is 22.2. The second kappa shape index (κ2) is 13.1. The van der Waals surface area contributed by atoms with Crippen LogP contribution in [0.5, 0.6) is 11.5 Å². The minimum Gasteiger partial charge on any atom is -0.457 e. The summed E-state index contributed by atoms with van der Waals surface area (Å²) in [5.41, 5.74) is 21.1. The monoisotopic (exact) mass is 834 g/mol. The van der Waals surface area contributed by atoms with Crippen molar-refractivity contribution in [2.75, 3.05) is 0 Å². The topological polar surface area (TPSA) is 61.3 Å². The van der Waals surface area contributed by atoms with E-state index in [1.165, 1.54) is 66.8 Å². The number of fused-ring (bicyclic) bond motifs is 14. The van der Waals surface area contributed by atoms with Gasteiger partial charge in [0.1, 0.15) is 22.5 Å². The Hall–Kier alpha value is -8.28. The Morgan fingerprint density at radius 2 is 0.754 bits per heavy atom. The lowest BCUT2D eigenvalue weighted by atomic mass is 9.66. The quantitative estimate of drug-likeness (QED) is 0.177. The largest absolute Gasteiger partial charge is 0.457 e. The molecule has 0 bridgehead atoms. The van der Waals surface area contributed by atoms with E-state index in [4.69, 9.17) is 23.5 Å². The van der Waals surface area contributed by atoms with Crippen LogP contribution in [-0.4, -0.2) is 9.97 Å². The summed E-state index contributed by atoms with van der Waals surface area (Å²) in [7, 11) is 0. The Morgan fingerprint density at radius 3 is 1.31 bits per heavy atom. The van der Waals surface area contributed by atoms with E-state index in [-0.39, 0.29) is 5.41 Å². The Morgan fingerprint density at radius 1 is 0.338 bits per heavy atom. The number of hydrogen-bond donors (Lipinski definition) is 0. The molecule has 5 heteroatoms. The van der Waals surface area contributed by atoms with Crippen LogP contribution in [0.25, 0.3) is 89.6 Å². The molecule has 0 unspecified atom stereocenters. The van der Waals surface area contributed by atoms with E-state index < -0.39 is 5.41 Å². The molecule has 2 aromatic heterocycles. The van der Waals surface area contributed by atoms with Crippen LogP contribution < -0.4 is 4.74 Å². The van der Waals surface area contributed by atoms with Crippen LogP contribution in [0.1, 0.15) is 47.2 Å². The number of para-hydroxylation sites is 6. The molecule has 65 heavy (non-hydrogen) atoms. The van der Waals surface area contributed by atoms with Gasteiger partial charge < -0.3 is 13.6 Å². The molecular weight excluding hydrogens is 797 g/mol. The lowest BCUT2D eigenvalue weighted by Crippen LogP contribution is -2.32. The van der Waals surface area contributed by atoms with Gasteiger partial charge in [0.05, 0.1) is 5.41 Å². The zero-order valence-electron chi connectivity index (χ0n) is 35.6. The molecule has 0 radical (unpaired) electrons. The highest BCUT2D eigenvalue weighted by molar-refractivity contribution is 5.92. The number of hydrogen-bond acceptors (Lipinski definition) is 5. The van der Waals surface area contributed by atoms with Crippen molar-refractivity contribution < 1.29 is 13.6 Å². The Bertz CT molecular complexity index is 3610. The molecule has 0 saturated carbocycles. The summed E-state index contributed by atoms with van der Waals surface area (Å²) in [6, 6.07) is 69.2. The van der Waals surface area contributed by atoms with E-state index in [1.807, 2.05) is 48.5 Å². The lowest BCUT2D eigenvalue weighted by Gasteiger charge is -2.39. The summed E-state index contributed by atoms with van der Waals surface area (Å²) in [6.45, 7) is 4.71. The van der Waals surface area contributed by atoms with Crippen LogP contribution in [0.15, 0.2) is 203 Å². The molecule has 3 heterocycles. The molecule has 0 saturated heterocycles. The van der Waals surface area contributed by atoms with Gasteiger partial charge in [0.15, 0.2) is 11.2 Å². The van der Waals surface area contributed by atoms with Crippen LogP contribution in [-0.2, 0) is 10.8 Å². The third-order valence-electron chi connectivity index (χ3n) is 14.2. The van der Waals surface area contributed by atoms with Gasteiger partial charge in [0.25, 0.3) is 0 Å². The SMILES string of the molecule is CC1(C)c2cc(-c3cc(-c4nc5ccccc5o4)cc(-c4nc5ccccc5o4)c3)ccc2-c2ccc(-c3ccc4c(c3)C3(c5ccccc5Oc5ccccc53)c3ccccc3-4)cc21. The van der Waals surface area contributed by atoms with Crippen molar-refractivity contribution in [1.29, 1.82) is 0 Å². The average Bonchev–Trinajstić information content (AvgIpc) is 4.11. The van der Waals surface area contributed by atoms with Gasteiger partial charge in [0.2, 0.25) is 11.8 Å². The second-order valence-corrected chi connectivity index (χ2v) is 18.1. The van der Waals surface area contributed by atoms with Gasteiger partial charge in [-0.3, -0.25) is 0 Å². The average molecular weight is 835 g/mol. The molecule has 14 rings (SSSR count). The highest BCUT2D eigenvalue weighted by atomic mass is 16.5. The second-order valence-electron chi connectivity index (χ2n) is 18.1. The summed E-state index contributed by atoms with van der Waals surface area (Å²) in [5, 5.41) is 0. The third kappa shape index (κ3) is 5.09. The molecule has 3 aliphatic rings. The van der Waals surface area contributed by atoms with Crippen molar-refractivity contribution in [2.24, 2.45) is 0 Å². The number of ether oxygens (including phenoxy) is 1. The van der Waals surface area contributed by atoms with Crippen LogP contribution >= 0.6 is 0 Å². The molecule has 0 atom stereocenters. The van der Waals surface area contributed by atoms with Crippen molar-refractivity contribution in [2.45, 2.75) is 24.7 Å². The predicted octanol–water partition coefficient (Wildman–Crippen LogP) is 15.4. The molecule has 9 aromatic carbocycles. The normalized spacial score (nSPS) is 14.4. The van der Waals surface area contributed by atoms with E-state index in [0.717, 1.165) is 56.0 Å². The molecule has 0 amide bonds. The maximum absolute atomic E-state index is 6.61. The van der Waals surface area contributed by atoms with Gasteiger partial charge in [-0.05, 0) is 140 Å². The molecule has 0 N–H and O–H groups in total. The summed E-state index contributed by atoms with van der Waals surface area (Å²) in [5.74, 6) is 2.91. The molecule has 1 aliphatic heterocycles. The van der Waals surface area contributed by atoms with Gasteiger partial charge in [-0.25, -0.2) is 9.97 Å². The lowest BCUT2D eigenvalue weighted by molar-refractivity contribution is 0.436. The molecule has 306 valence electrons. The van der Waals surface area contributed by atoms with Gasteiger partial charge in [-0.15, -0.1) is 0 Å². The van der Waals surface area contributed by atoms with Gasteiger partial charge in [-0.2, -0.15) is 0 Å². The van der Waals surface area contributed by atoms with Gasteiger partial charge in [0, 0.05) is 27.7 Å². The van der Waals surface area contributed by atoms with Crippen molar-refractivity contribution in [3.05, 3.63) is 228 Å². The van der Waals surface area contributed by atoms with E-state index in [1.54, 1.807) is 0 Å². The minimum atomic E-state index is -0.520. The molecule has 1 spiro atoms. The zero-order chi connectivity index (χ0) is 43.0. The maximum Gasteiger partial charge on any atom is 0.227 e. The number of aromatic nitrogens is 2. The van der Waals surface area contributed by atoms with Gasteiger partial charge in [-0.1, -0.05) is 135 Å². The number of benzene rings is 9. The standard InChI is InChI=1S/C60H38N2O3/c1-59(2)48-32-35(36-24-28-44-41-13-3-4-14-45(41)60(50(44)34-36)46-15-5-9-19-53(46)63-54-20-10-6-16-47(54)60)23-26-42(48)43-27-25-37(33-49(43)59)38-29-39(57-61-51-17-7-11-21-55(51)64-57)31-40(30-38)58-62-52-18-8-12-22-56(52)65-58/h3-34H,1-2H3. The van der Waals surface area contributed by atoms with Crippen molar-refractivity contribution in [3.8, 4) is 78.9 Å². The maximum atomic E-state index is 6.61. The molecule has 5 nitrogen and oxygen atoms in total. The van der Waals surface area contributed by atoms with Crippen LogP contribution in [0.4, 0.5) is 0 Å². The minimum absolute atomic E-state index is 0.273. The summed E-state index contributed by atoms with van der Waals surface area (Å²) in [4.78, 5) is 9.78. The van der Waals surface area contributed by atoms with Crippen molar-refractivity contribution in [3.63, 3.8) is 0 Å². The summed E-state index contributed by atoms with van der Waals surface area (Å²) < 4.78 is 19.3. The smallest absolute Gasteiger partial charge is 0.227 e. The van der Waals surface area contributed by atoms with Crippen LogP contribution in [0, 0.1) is 0 Å². The summed E-state index contributed by atoms with van der Waals surface area (Å²) >= 11 is 0. The number of oxazole rings is 2. The summed E-state index contributed by atoms with van der Waals surface area (Å²) in [6.07, 6.45) is 0. The highest BCUT2D eigenvalue weighted by Crippen LogP contribution is 2.62. The van der Waals surface area contributed by atoms with Gasteiger partial charge >= 0.3 is 0 Å². The first-order chi connectivity index (χ1) is 31.9. The fraction of sp³-hybridized carbons (Fsp3) is 0.0667. The van der Waals surface area contributed by atoms with E-state index in [2.05, 4.69) is 159 Å². The van der Waals surface area contributed by atoms with Crippen LogP contribution in [0.2, 0.25) is 0 Å². The van der Waals surface area contributed by atoms with Crippen LogP contribution in [0.3, 0.4) is 0 Å². The van der Waals surface area contributed by atoms with E-state index in [9.17, 15) is 0 Å². The fourth-order valence-corrected chi connectivity index (χ4v) is 11.2. The number of nitrogens with zero attached hydrogens (tertiary/aromatic N) is 2. The highest BCUT2D eigenvalue weighted by Gasteiger charge is 2.51. The zero-order valence-corrected chi connectivity index (χ0v) is 35.6. The Labute approximate surface area is 375 Å². The Kier molecular flexibility index (Phi) is 7.32. The third-order valence-corrected chi connectivity index (χ3v) is 14.2. The molecule has 2 aliphatic carbocycles. The number of rotatable bonds is 4. The fourth-order valence-electron chi connectivity index (χ4n) is 11.2. The van der Waals surface area contributed by atoms with Crippen molar-refractivity contribution in [1.82, 2.24) is 9.97 Å². The molecule has 0 fully saturated rings. The van der Waals surface area contributed by atoms with Crippen molar-refractivity contribution >= 4 is 22.2 Å². The van der Waals surface area contributed by atoms with E-state index >= 15 is 0 Å². The first-order valence-electron chi connectivity index (χ1n) is 22.2. The van der Waals surface area contributed by atoms with E-state index in [0.29, 0.717) is 11.8 Å².